The van der Waals surface area contributed by atoms with Gasteiger partial charge in [-0.25, -0.2) is 9.59 Å². The molecule has 0 radical (unpaired) electrons. The van der Waals surface area contributed by atoms with E-state index >= 15 is 14.4 Å². The lowest BCUT2D eigenvalue weighted by atomic mass is 9.93. The monoisotopic (exact) mass is 1460 g/mol. The van der Waals surface area contributed by atoms with Gasteiger partial charge in [-0.05, 0) is 81.7 Å². The zero-order valence-electron chi connectivity index (χ0n) is 59.1. The number of amides is 2. The molecule has 0 spiro atoms. The number of azide groups is 1. The maximum absolute atomic E-state index is 15.3. The van der Waals surface area contributed by atoms with Crippen LogP contribution in [0.4, 0.5) is 0 Å². The number of hydrogen-bond acceptors (Lipinski definition) is 20. The minimum atomic E-state index is -1.92. The average molecular weight is 1470 g/mol. The second-order valence-electron chi connectivity index (χ2n) is 26.3. The Kier molecular flexibility index (Phi) is 27.2. The van der Waals surface area contributed by atoms with Crippen molar-refractivity contribution < 1.29 is 90.6 Å². The van der Waals surface area contributed by atoms with Crippen LogP contribution in [0, 0.1) is 0 Å². The highest BCUT2D eigenvalue weighted by Gasteiger charge is 2.60. The SMILES string of the molecule is [N-]=[N+]=NCCCO[C@@H]1O[C@H](COCc2ccccc2)[C@@H](O[C@@H]2O[C@H](COC(=O)c3ccccc3)[C@H](O)[C@H](O[C@H]3O[C@H](COCc4ccccc4)[C@H](OCc4ccccc4)[C@H](OCc4ccccc4)[C@H]3OCc3ccccc3)[C@H]2OC(=O)c2ccccc2)[C@H](OCc2ccccc2)[C@H]1N1C(=O)c2ccccc2C1=O. The third-order valence-corrected chi connectivity index (χ3v) is 18.8. The van der Waals surface area contributed by atoms with Crippen molar-refractivity contribution in [2.24, 2.45) is 5.11 Å². The summed E-state index contributed by atoms with van der Waals surface area (Å²) >= 11 is 0. The first-order valence-corrected chi connectivity index (χ1v) is 36.0. The number of fused-ring (bicyclic) bond motifs is 1. The summed E-state index contributed by atoms with van der Waals surface area (Å²) in [6, 6.07) is 78.1. The molecule has 0 bridgehead atoms. The van der Waals surface area contributed by atoms with Crippen molar-refractivity contribution in [2.45, 2.75) is 138 Å². The Hall–Kier alpha value is -10.2. The predicted octanol–water partition coefficient (Wildman–Crippen LogP) is 12.5. The molecule has 23 nitrogen and oxygen atoms in total. The molecule has 0 saturated carbocycles. The smallest absolute Gasteiger partial charge is 0.338 e. The molecule has 0 aromatic heterocycles. The van der Waals surface area contributed by atoms with E-state index in [0.717, 1.165) is 32.7 Å². The van der Waals surface area contributed by atoms with Crippen molar-refractivity contribution in [3.05, 3.63) is 333 Å². The first-order valence-electron chi connectivity index (χ1n) is 36.0. The van der Waals surface area contributed by atoms with Crippen LogP contribution >= 0.6 is 0 Å². The fourth-order valence-corrected chi connectivity index (χ4v) is 13.4. The summed E-state index contributed by atoms with van der Waals surface area (Å²) in [6.45, 7) is -0.951. The Morgan fingerprint density at radius 2 is 0.778 bits per heavy atom. The maximum Gasteiger partial charge on any atom is 0.338 e. The largest absolute Gasteiger partial charge is 0.459 e. The zero-order valence-corrected chi connectivity index (χ0v) is 59.1. The molecule has 108 heavy (non-hydrogen) atoms. The van der Waals surface area contributed by atoms with E-state index in [1.165, 1.54) is 0 Å². The summed E-state index contributed by atoms with van der Waals surface area (Å²) in [5.74, 6) is -3.09. The Morgan fingerprint density at radius 3 is 1.26 bits per heavy atom. The molecule has 0 aliphatic carbocycles. The number of aliphatic hydroxyl groups is 1. The van der Waals surface area contributed by atoms with Gasteiger partial charge in [0.05, 0.1) is 75.1 Å². The highest BCUT2D eigenvalue weighted by molar-refractivity contribution is 6.21. The van der Waals surface area contributed by atoms with Crippen LogP contribution in [0.1, 0.15) is 81.2 Å². The minimum absolute atomic E-state index is 0.0282. The normalized spacial score (nSPS) is 24.6. The van der Waals surface area contributed by atoms with Gasteiger partial charge in [0.2, 0.25) is 0 Å². The topological polar surface area (TPSA) is 270 Å². The molecular formula is C85H84N4O19. The number of esters is 2. The van der Waals surface area contributed by atoms with Crippen LogP contribution in [-0.4, -0.2) is 159 Å². The third kappa shape index (κ3) is 19.8. The number of nitrogens with zero attached hydrogens (tertiary/aromatic N) is 4. The Balaban J connectivity index is 0.955. The molecule has 558 valence electrons. The van der Waals surface area contributed by atoms with Crippen molar-refractivity contribution in [2.75, 3.05) is 33.0 Å². The highest BCUT2D eigenvalue weighted by atomic mass is 16.8. The number of hydrogen-bond donors (Lipinski definition) is 1. The molecule has 4 aliphatic heterocycles. The van der Waals surface area contributed by atoms with E-state index in [2.05, 4.69) is 10.0 Å². The van der Waals surface area contributed by atoms with E-state index < -0.39 is 122 Å². The first-order chi connectivity index (χ1) is 53.1. The average Bonchev–Trinajstić information content (AvgIpc) is 1.44. The molecule has 15 atom stereocenters. The minimum Gasteiger partial charge on any atom is -0.459 e. The molecule has 2 amide bonds. The summed E-state index contributed by atoms with van der Waals surface area (Å²) in [5, 5.41) is 17.2. The van der Waals surface area contributed by atoms with Crippen LogP contribution in [0.5, 0.6) is 0 Å². The molecule has 1 N–H and O–H groups in total. The lowest BCUT2D eigenvalue weighted by Crippen LogP contribution is -2.70. The molecule has 13 rings (SSSR count). The van der Waals surface area contributed by atoms with Gasteiger partial charge in [-0.15, -0.1) is 0 Å². The number of aliphatic hydroxyl groups excluding tert-OH is 1. The van der Waals surface area contributed by atoms with E-state index in [9.17, 15) is 15.4 Å². The Labute approximate surface area is 625 Å². The number of carbonyl (C=O) groups excluding carboxylic acids is 4. The van der Waals surface area contributed by atoms with Gasteiger partial charge in [0.15, 0.2) is 25.0 Å². The summed E-state index contributed by atoms with van der Waals surface area (Å²) in [5.41, 5.74) is 14.5. The fraction of sp³-hybridized carbons (Fsp3) is 0.318. The number of carbonyl (C=O) groups is 4. The van der Waals surface area contributed by atoms with E-state index in [0.29, 0.717) is 5.56 Å². The number of imide groups is 1. The van der Waals surface area contributed by atoms with Crippen molar-refractivity contribution in [3.63, 3.8) is 0 Å². The van der Waals surface area contributed by atoms with Crippen molar-refractivity contribution in [3.8, 4) is 0 Å². The van der Waals surface area contributed by atoms with Crippen LogP contribution in [0.25, 0.3) is 10.4 Å². The van der Waals surface area contributed by atoms with Gasteiger partial charge in [-0.3, -0.25) is 14.5 Å². The molecule has 9 aromatic carbocycles. The van der Waals surface area contributed by atoms with Gasteiger partial charge < -0.3 is 71.4 Å². The van der Waals surface area contributed by atoms with E-state index in [1.54, 1.807) is 84.9 Å². The molecule has 9 aromatic rings. The zero-order chi connectivity index (χ0) is 74.2. The Morgan fingerprint density at radius 1 is 0.398 bits per heavy atom. The predicted molar refractivity (Wildman–Crippen MR) is 392 cm³/mol. The molecule has 0 unspecified atom stereocenters. The first kappa shape index (κ1) is 76.1. The summed E-state index contributed by atoms with van der Waals surface area (Å²) < 4.78 is 97.4. The summed E-state index contributed by atoms with van der Waals surface area (Å²) in [6.07, 6.45) is -20.7. The van der Waals surface area contributed by atoms with E-state index in [4.69, 9.17) is 66.3 Å². The molecule has 23 heteroatoms. The lowest BCUT2D eigenvalue weighted by Gasteiger charge is -2.51. The number of rotatable bonds is 35. The maximum atomic E-state index is 15.3. The van der Waals surface area contributed by atoms with Gasteiger partial charge in [-0.2, -0.15) is 0 Å². The molecule has 3 saturated heterocycles. The van der Waals surface area contributed by atoms with Gasteiger partial charge in [0, 0.05) is 18.1 Å². The van der Waals surface area contributed by atoms with Crippen LogP contribution in [0.3, 0.4) is 0 Å². The summed E-state index contributed by atoms with van der Waals surface area (Å²) in [4.78, 5) is 63.9. The summed E-state index contributed by atoms with van der Waals surface area (Å²) in [7, 11) is 0. The van der Waals surface area contributed by atoms with Crippen LogP contribution in [0.2, 0.25) is 0 Å². The van der Waals surface area contributed by atoms with Crippen molar-refractivity contribution in [1.82, 2.24) is 4.90 Å². The number of benzene rings is 9. The van der Waals surface area contributed by atoms with Gasteiger partial charge in [0.1, 0.15) is 73.7 Å². The molecule has 3 fully saturated rings. The third-order valence-electron chi connectivity index (χ3n) is 18.8. The second kappa shape index (κ2) is 38.6. The molecule has 4 aliphatic rings. The lowest BCUT2D eigenvalue weighted by molar-refractivity contribution is -0.384. The standard InChI is InChI=1S/C85H84N4O19/c86-88-87-46-27-47-97-83-70(89-79(91)65-44-25-26-45-66(65)80(89)92)74(99-51-60-34-15-4-16-35-60)73(69(104-83)55-96-49-58-30-11-2-12-31-58)107-85-78(106-82(94)64-42-23-8-24-43-64)75(71(90)67(103-85)56-102-81(93)63-40-21-7-22-41-63)108-84-77(101-53-62-38-19-6-20-39-62)76(100-52-61-36-17-5-18-37-61)72(98-50-59-32-13-3-14-33-59)68(105-84)54-95-48-57-28-9-1-10-29-57/h1-26,28-45,67-78,83-85,90H,27,46-56H2/t67-,68-,69-,70-,71+,72+,73-,74-,75+,76+,77-,78-,83-,84-,85+/m1/s1. The van der Waals surface area contributed by atoms with Crippen LogP contribution in [-0.2, 0) is 106 Å². The molecule has 4 heterocycles. The molecular weight excluding hydrogens is 1380 g/mol. The second-order valence-corrected chi connectivity index (χ2v) is 26.3. The van der Waals surface area contributed by atoms with Gasteiger partial charge >= 0.3 is 11.9 Å². The highest BCUT2D eigenvalue weighted by Crippen LogP contribution is 2.41. The fourth-order valence-electron chi connectivity index (χ4n) is 13.4. The van der Waals surface area contributed by atoms with Crippen LogP contribution < -0.4 is 0 Å². The van der Waals surface area contributed by atoms with Crippen molar-refractivity contribution in [1.29, 1.82) is 0 Å². The quantitative estimate of drug-likeness (QED) is 0.00965. The van der Waals surface area contributed by atoms with Crippen molar-refractivity contribution >= 4 is 23.8 Å². The van der Waals surface area contributed by atoms with Gasteiger partial charge in [-0.1, -0.05) is 236 Å². The van der Waals surface area contributed by atoms with Crippen LogP contribution in [0.15, 0.2) is 272 Å². The number of ether oxygens (including phenoxy) is 14. The Bertz CT molecular complexity index is 4300. The van der Waals surface area contributed by atoms with E-state index in [1.807, 2.05) is 182 Å². The van der Waals surface area contributed by atoms with E-state index in [-0.39, 0.29) is 94.7 Å². The van der Waals surface area contributed by atoms with Gasteiger partial charge in [0.25, 0.3) is 11.8 Å².